The van der Waals surface area contributed by atoms with Gasteiger partial charge in [0.15, 0.2) is 0 Å². The fraction of sp³-hybridized carbons (Fsp3) is 0.381. The Bertz CT molecular complexity index is 1230. The number of fused-ring (bicyclic) bond motifs is 1. The summed E-state index contributed by atoms with van der Waals surface area (Å²) in [5.74, 6) is 0.824. The molecule has 1 amide bonds. The highest BCUT2D eigenvalue weighted by molar-refractivity contribution is 7.89. The second kappa shape index (κ2) is 7.31. The summed E-state index contributed by atoms with van der Waals surface area (Å²) in [5, 5.41) is 0.986. The maximum absolute atomic E-state index is 13.2. The molecule has 1 aliphatic heterocycles. The topological polar surface area (TPSA) is 111 Å². The van der Waals surface area contributed by atoms with E-state index in [2.05, 4.69) is 24.6 Å². The minimum atomic E-state index is -3.53. The van der Waals surface area contributed by atoms with Gasteiger partial charge in [-0.25, -0.2) is 23.1 Å². The van der Waals surface area contributed by atoms with Gasteiger partial charge in [-0.2, -0.15) is 0 Å². The molecular formula is C21H24N6O3S. The molecule has 2 aromatic heterocycles. The number of hydrogen-bond acceptors (Lipinski definition) is 6. The molecule has 0 bridgehead atoms. The van der Waals surface area contributed by atoms with Crippen molar-refractivity contribution in [1.29, 1.82) is 0 Å². The number of anilines is 1. The summed E-state index contributed by atoms with van der Waals surface area (Å²) in [6.45, 7) is 2.80. The van der Waals surface area contributed by atoms with Gasteiger partial charge in [-0.3, -0.25) is 4.79 Å². The molecule has 10 heteroatoms. The predicted molar refractivity (Wildman–Crippen MR) is 116 cm³/mol. The molecule has 1 aliphatic carbocycles. The lowest BCUT2D eigenvalue weighted by Crippen LogP contribution is -2.36. The second-order valence-corrected chi connectivity index (χ2v) is 10.2. The lowest BCUT2D eigenvalue weighted by Gasteiger charge is -2.25. The molecule has 5 rings (SSSR count). The normalized spacial score (nSPS) is 18.4. The summed E-state index contributed by atoms with van der Waals surface area (Å²) in [7, 11) is -2.16. The van der Waals surface area contributed by atoms with Crippen molar-refractivity contribution in [3.05, 3.63) is 48.4 Å². The lowest BCUT2D eigenvalue weighted by atomic mass is 10.1. The minimum Gasteiger partial charge on any atom is -0.354 e. The van der Waals surface area contributed by atoms with E-state index in [0.29, 0.717) is 25.2 Å². The highest BCUT2D eigenvalue weighted by atomic mass is 32.2. The molecule has 0 atom stereocenters. The maximum atomic E-state index is 13.2. The molecule has 31 heavy (non-hydrogen) atoms. The average molecular weight is 441 g/mol. The number of aromatic nitrogens is 3. The Labute approximate surface area is 180 Å². The van der Waals surface area contributed by atoms with E-state index >= 15 is 0 Å². The lowest BCUT2D eigenvalue weighted by molar-refractivity contribution is 0.0740. The van der Waals surface area contributed by atoms with Crippen LogP contribution in [0.5, 0.6) is 0 Å². The smallest absolute Gasteiger partial charge is 0.253 e. The predicted octanol–water partition coefficient (Wildman–Crippen LogP) is 1.61. The highest BCUT2D eigenvalue weighted by Gasteiger charge is 2.48. The van der Waals surface area contributed by atoms with E-state index in [1.54, 1.807) is 18.5 Å². The first-order chi connectivity index (χ1) is 14.9. The Kier molecular flexibility index (Phi) is 4.71. The molecule has 0 radical (unpaired) electrons. The number of nitrogens with one attached hydrogen (secondary N) is 2. The van der Waals surface area contributed by atoms with Crippen LogP contribution in [0.25, 0.3) is 11.0 Å². The standard InChI is InChI=1S/C21H24N6O3S/c1-22-31(29,30)16-4-2-15(3-5-16)20(28)27-11-10-26(12-21(13-27)7-8-21)19-17-6-9-23-18(17)24-14-25-19/h2-6,9,14,22H,7-8,10-13H2,1H3,(H,23,24,25). The van der Waals surface area contributed by atoms with Crippen LogP contribution in [0.4, 0.5) is 5.82 Å². The number of carbonyl (C=O) groups excluding carboxylic acids is 1. The van der Waals surface area contributed by atoms with E-state index < -0.39 is 10.0 Å². The van der Waals surface area contributed by atoms with Gasteiger partial charge in [0, 0.05) is 43.4 Å². The average Bonchev–Trinajstić information content (AvgIpc) is 3.43. The first kappa shape index (κ1) is 20.0. The van der Waals surface area contributed by atoms with Crippen LogP contribution in [0.3, 0.4) is 0 Å². The molecule has 0 unspecified atom stereocenters. The third-order valence-electron chi connectivity index (χ3n) is 6.25. The largest absolute Gasteiger partial charge is 0.354 e. The van der Waals surface area contributed by atoms with Gasteiger partial charge < -0.3 is 14.8 Å². The van der Waals surface area contributed by atoms with E-state index in [4.69, 9.17) is 0 Å². The molecule has 1 spiro atoms. The van der Waals surface area contributed by atoms with Gasteiger partial charge in [-0.15, -0.1) is 0 Å². The van der Waals surface area contributed by atoms with Gasteiger partial charge in [0.05, 0.1) is 10.3 Å². The number of aromatic amines is 1. The van der Waals surface area contributed by atoms with Crippen LogP contribution in [0.2, 0.25) is 0 Å². The van der Waals surface area contributed by atoms with Gasteiger partial charge in [0.2, 0.25) is 10.0 Å². The Balaban J connectivity index is 1.38. The summed E-state index contributed by atoms with van der Waals surface area (Å²) in [5.41, 5.74) is 1.38. The molecule has 2 fully saturated rings. The summed E-state index contributed by atoms with van der Waals surface area (Å²) in [6.07, 6.45) is 5.59. The number of benzene rings is 1. The molecule has 9 nitrogen and oxygen atoms in total. The quantitative estimate of drug-likeness (QED) is 0.638. The van der Waals surface area contributed by atoms with Crippen LogP contribution < -0.4 is 9.62 Å². The Morgan fingerprint density at radius 3 is 2.58 bits per heavy atom. The van der Waals surface area contributed by atoms with Crippen molar-refractivity contribution in [3.63, 3.8) is 0 Å². The van der Waals surface area contributed by atoms with Crippen LogP contribution >= 0.6 is 0 Å². The third-order valence-corrected chi connectivity index (χ3v) is 7.68. The molecule has 1 saturated heterocycles. The highest BCUT2D eigenvalue weighted by Crippen LogP contribution is 2.48. The van der Waals surface area contributed by atoms with E-state index in [1.165, 1.54) is 19.2 Å². The Hall–Kier alpha value is -2.98. The summed E-state index contributed by atoms with van der Waals surface area (Å²) in [4.78, 5) is 29.5. The summed E-state index contributed by atoms with van der Waals surface area (Å²) in [6, 6.07) is 8.10. The van der Waals surface area contributed by atoms with Crippen molar-refractivity contribution in [2.75, 3.05) is 38.1 Å². The number of carbonyl (C=O) groups is 1. The maximum Gasteiger partial charge on any atom is 0.253 e. The zero-order chi connectivity index (χ0) is 21.6. The first-order valence-corrected chi connectivity index (χ1v) is 11.8. The number of H-pyrrole nitrogens is 1. The van der Waals surface area contributed by atoms with E-state index in [1.807, 2.05) is 17.2 Å². The van der Waals surface area contributed by atoms with Crippen molar-refractivity contribution in [3.8, 4) is 0 Å². The monoisotopic (exact) mass is 440 g/mol. The number of amides is 1. The van der Waals surface area contributed by atoms with Gasteiger partial charge in [0.1, 0.15) is 17.8 Å². The Morgan fingerprint density at radius 1 is 1.10 bits per heavy atom. The molecule has 1 aromatic carbocycles. The van der Waals surface area contributed by atoms with Crippen molar-refractivity contribution >= 4 is 32.8 Å². The molecule has 2 aliphatic rings. The van der Waals surface area contributed by atoms with E-state index in [-0.39, 0.29) is 16.2 Å². The summed E-state index contributed by atoms with van der Waals surface area (Å²) < 4.78 is 26.2. The number of hydrogen-bond donors (Lipinski definition) is 2. The SMILES string of the molecule is CNS(=O)(=O)c1ccc(C(=O)N2CCN(c3ncnc4[nH]ccc34)CC3(CC3)C2)cc1. The zero-order valence-electron chi connectivity index (χ0n) is 17.2. The van der Waals surface area contributed by atoms with Gasteiger partial charge in [-0.1, -0.05) is 0 Å². The summed E-state index contributed by atoms with van der Waals surface area (Å²) >= 11 is 0. The van der Waals surface area contributed by atoms with Crippen molar-refractivity contribution < 1.29 is 13.2 Å². The molecule has 2 N–H and O–H groups in total. The molecule has 3 aromatic rings. The van der Waals surface area contributed by atoms with E-state index in [0.717, 1.165) is 36.2 Å². The van der Waals surface area contributed by atoms with Crippen molar-refractivity contribution in [1.82, 2.24) is 24.6 Å². The second-order valence-electron chi connectivity index (χ2n) is 8.32. The van der Waals surface area contributed by atoms with Crippen LogP contribution in [0.1, 0.15) is 23.2 Å². The van der Waals surface area contributed by atoms with Crippen LogP contribution in [-0.4, -0.2) is 67.4 Å². The zero-order valence-corrected chi connectivity index (χ0v) is 18.0. The number of nitrogens with zero attached hydrogens (tertiary/aromatic N) is 4. The third kappa shape index (κ3) is 3.66. The molecule has 1 saturated carbocycles. The van der Waals surface area contributed by atoms with Crippen LogP contribution in [0, 0.1) is 5.41 Å². The van der Waals surface area contributed by atoms with Crippen molar-refractivity contribution in [2.24, 2.45) is 5.41 Å². The van der Waals surface area contributed by atoms with Gasteiger partial charge in [0.25, 0.3) is 5.91 Å². The van der Waals surface area contributed by atoms with E-state index in [9.17, 15) is 13.2 Å². The fourth-order valence-corrected chi connectivity index (χ4v) is 5.02. The van der Waals surface area contributed by atoms with Gasteiger partial charge >= 0.3 is 0 Å². The molecular weight excluding hydrogens is 416 g/mol. The number of sulfonamides is 1. The van der Waals surface area contributed by atoms with Crippen LogP contribution in [0.15, 0.2) is 47.8 Å². The fourth-order valence-electron chi connectivity index (χ4n) is 4.29. The Morgan fingerprint density at radius 2 is 1.87 bits per heavy atom. The van der Waals surface area contributed by atoms with Gasteiger partial charge in [-0.05, 0) is 50.2 Å². The van der Waals surface area contributed by atoms with Crippen LogP contribution in [-0.2, 0) is 10.0 Å². The molecule has 162 valence electrons. The van der Waals surface area contributed by atoms with Crippen molar-refractivity contribution in [2.45, 2.75) is 17.7 Å². The number of rotatable bonds is 4. The minimum absolute atomic E-state index is 0.0731. The molecule has 3 heterocycles. The first-order valence-electron chi connectivity index (χ1n) is 10.3.